The van der Waals surface area contributed by atoms with Gasteiger partial charge in [-0.15, -0.1) is 13.2 Å². The average molecular weight is 655 g/mol. The molecule has 5 rings (SSSR count). The maximum atomic E-state index is 15.0. The van der Waals surface area contributed by atoms with Crippen molar-refractivity contribution in [3.63, 3.8) is 0 Å². The molecule has 4 aromatic rings. The second-order valence-electron chi connectivity index (χ2n) is 10.6. The number of sulfone groups is 1. The van der Waals surface area contributed by atoms with Crippen LogP contribution in [0.1, 0.15) is 24.3 Å². The van der Waals surface area contributed by atoms with Gasteiger partial charge in [-0.25, -0.2) is 17.8 Å². The molecular formula is C32H26F4N4O5S. The van der Waals surface area contributed by atoms with Crippen molar-refractivity contribution < 1.29 is 40.2 Å². The normalized spacial score (nSPS) is 13.7. The van der Waals surface area contributed by atoms with Crippen LogP contribution in [0.2, 0.25) is 0 Å². The number of halogens is 4. The Kier molecular flexibility index (Phi) is 8.74. The molecule has 0 atom stereocenters. The third-order valence-corrected chi connectivity index (χ3v) is 8.34. The molecule has 238 valence electrons. The third kappa shape index (κ3) is 7.11. The summed E-state index contributed by atoms with van der Waals surface area (Å²) in [6.45, 7) is 0.733. The molecule has 46 heavy (non-hydrogen) atoms. The number of anilines is 1. The number of rotatable bonds is 10. The van der Waals surface area contributed by atoms with Crippen molar-refractivity contribution >= 4 is 21.2 Å². The fourth-order valence-corrected chi connectivity index (χ4v) is 5.78. The predicted octanol–water partition coefficient (Wildman–Crippen LogP) is 7.17. The van der Waals surface area contributed by atoms with Crippen molar-refractivity contribution in [2.24, 2.45) is 5.92 Å². The van der Waals surface area contributed by atoms with E-state index in [4.69, 9.17) is 9.83 Å². The number of allylic oxidation sites excluding steroid dienone is 1. The van der Waals surface area contributed by atoms with Gasteiger partial charge in [-0.3, -0.25) is 0 Å². The number of alkyl halides is 3. The number of nitriles is 1. The topological polar surface area (TPSA) is 149 Å². The maximum absolute atomic E-state index is 15.0. The van der Waals surface area contributed by atoms with Crippen molar-refractivity contribution in [1.82, 2.24) is 4.98 Å². The van der Waals surface area contributed by atoms with Crippen LogP contribution in [0, 0.1) is 35.4 Å². The smallest absolute Gasteiger partial charge is 0.440 e. The first-order chi connectivity index (χ1) is 21.7. The van der Waals surface area contributed by atoms with Crippen LogP contribution < -0.4 is 10.1 Å². The maximum Gasteiger partial charge on any atom is 0.573 e. The first-order valence-corrected chi connectivity index (χ1v) is 15.6. The zero-order valence-corrected chi connectivity index (χ0v) is 25.2. The Morgan fingerprint density at radius 1 is 1.15 bits per heavy atom. The largest absolute Gasteiger partial charge is 0.573 e. The first-order valence-electron chi connectivity index (χ1n) is 13.8. The molecule has 0 unspecified atom stereocenters. The molecule has 0 aliphatic heterocycles. The summed E-state index contributed by atoms with van der Waals surface area (Å²) in [7, 11) is -3.93. The van der Waals surface area contributed by atoms with E-state index < -0.39 is 34.4 Å². The fraction of sp³-hybridized carbons (Fsp3) is 0.219. The minimum atomic E-state index is -4.88. The molecule has 0 saturated heterocycles. The van der Waals surface area contributed by atoms with E-state index in [1.807, 2.05) is 6.07 Å². The lowest BCUT2D eigenvalue weighted by atomic mass is 9.97. The highest BCUT2D eigenvalue weighted by Crippen LogP contribution is 2.41. The van der Waals surface area contributed by atoms with Gasteiger partial charge in [0.15, 0.2) is 21.5 Å². The molecule has 1 aromatic heterocycles. The summed E-state index contributed by atoms with van der Waals surface area (Å²) < 4.78 is 88.0. The number of aromatic nitrogens is 1. The number of ether oxygens (including phenoxy) is 1. The highest BCUT2D eigenvalue weighted by atomic mass is 32.2. The Labute approximate surface area is 261 Å². The zero-order chi connectivity index (χ0) is 33.4. The summed E-state index contributed by atoms with van der Waals surface area (Å²) >= 11 is 0. The van der Waals surface area contributed by atoms with E-state index in [2.05, 4.69) is 15.0 Å². The number of nitrogens with one attached hydrogen (secondary N) is 2. The van der Waals surface area contributed by atoms with Gasteiger partial charge in [-0.05, 0) is 72.5 Å². The van der Waals surface area contributed by atoms with Crippen LogP contribution in [0.15, 0.2) is 75.7 Å². The van der Waals surface area contributed by atoms with Crippen molar-refractivity contribution in [1.29, 1.82) is 10.7 Å². The van der Waals surface area contributed by atoms with Crippen LogP contribution in [0.4, 0.5) is 23.2 Å². The van der Waals surface area contributed by atoms with Gasteiger partial charge in [0.2, 0.25) is 0 Å². The molecular weight excluding hydrogens is 628 g/mol. The average Bonchev–Trinajstić information content (AvgIpc) is 3.77. The fourth-order valence-electron chi connectivity index (χ4n) is 4.83. The third-order valence-electron chi connectivity index (χ3n) is 7.17. The van der Waals surface area contributed by atoms with Gasteiger partial charge in [-0.2, -0.15) is 5.26 Å². The summed E-state index contributed by atoms with van der Waals surface area (Å²) in [4.78, 5) is 4.05. The number of nitrogens with zero attached hydrogens (tertiary/aromatic N) is 2. The first kappa shape index (κ1) is 32.4. The molecule has 0 amide bonds. The molecule has 0 radical (unpaired) electrons. The molecule has 14 heteroatoms. The Morgan fingerprint density at radius 3 is 2.41 bits per heavy atom. The monoisotopic (exact) mass is 654 g/mol. The minimum absolute atomic E-state index is 0.00296. The number of benzene rings is 3. The van der Waals surface area contributed by atoms with Gasteiger partial charge >= 0.3 is 6.36 Å². The van der Waals surface area contributed by atoms with Gasteiger partial charge in [0, 0.05) is 47.7 Å². The number of aliphatic hydroxyl groups is 1. The van der Waals surface area contributed by atoms with E-state index in [-0.39, 0.29) is 50.6 Å². The van der Waals surface area contributed by atoms with E-state index in [1.54, 1.807) is 25.1 Å². The minimum Gasteiger partial charge on any atom is -0.440 e. The van der Waals surface area contributed by atoms with Gasteiger partial charge in [0.25, 0.3) is 0 Å². The van der Waals surface area contributed by atoms with Gasteiger partial charge in [-0.1, -0.05) is 6.07 Å². The summed E-state index contributed by atoms with van der Waals surface area (Å²) in [6.07, 6.45) is -0.979. The molecule has 1 heterocycles. The highest BCUT2D eigenvalue weighted by molar-refractivity contribution is 7.90. The number of oxazole rings is 1. The molecule has 1 aliphatic rings. The lowest BCUT2D eigenvalue weighted by molar-refractivity contribution is -0.274. The van der Waals surface area contributed by atoms with Crippen molar-refractivity contribution in [3.05, 3.63) is 83.6 Å². The molecule has 3 N–H and O–H groups in total. The summed E-state index contributed by atoms with van der Waals surface area (Å²) in [6, 6.07) is 14.0. The molecule has 1 saturated carbocycles. The second kappa shape index (κ2) is 12.4. The van der Waals surface area contributed by atoms with Crippen molar-refractivity contribution in [2.75, 3.05) is 11.6 Å². The number of hydrogen-bond acceptors (Lipinski definition) is 9. The molecule has 3 aromatic carbocycles. The summed E-state index contributed by atoms with van der Waals surface area (Å²) in [5, 5.41) is 30.6. The van der Waals surface area contributed by atoms with Gasteiger partial charge in [0.1, 0.15) is 23.3 Å². The van der Waals surface area contributed by atoms with Gasteiger partial charge in [0.05, 0.1) is 22.8 Å². The standard InChI is InChI=1S/C32H26F4N4O5S/c1-17-40-30(19-5-8-23(9-6-19)45-32(34,35)36)31(44-17)24-11-20(21-12-26(33)25(16-41)28(13-21)46(2,42)43)7-10-27(24)39-15-22(14-37)29(38)18-3-4-18/h5-13,15,18,38-39,41H,3-4,16H2,1-2H3/b22-15-,38-29?. The molecule has 9 nitrogen and oxygen atoms in total. The Hall–Kier alpha value is -5.00. The van der Waals surface area contributed by atoms with Crippen LogP contribution >= 0.6 is 0 Å². The van der Waals surface area contributed by atoms with Crippen LogP contribution in [0.5, 0.6) is 5.75 Å². The number of hydrogen-bond donors (Lipinski definition) is 3. The predicted molar refractivity (Wildman–Crippen MR) is 161 cm³/mol. The van der Waals surface area contributed by atoms with Crippen molar-refractivity contribution in [3.8, 4) is 45.5 Å². The SMILES string of the molecule is Cc1nc(-c2ccc(OC(F)(F)F)cc2)c(-c2cc(-c3cc(F)c(CO)c(S(C)(=O)=O)c3)ccc2N/C=C(/C#N)C(=N)C2CC2)o1. The van der Waals surface area contributed by atoms with E-state index in [9.17, 15) is 32.0 Å². The Bertz CT molecular complexity index is 2010. The van der Waals surface area contributed by atoms with Crippen LogP contribution in [0.3, 0.4) is 0 Å². The quantitative estimate of drug-likeness (QED) is 0.0926. The van der Waals surface area contributed by atoms with Gasteiger partial charge < -0.3 is 25.0 Å². The molecule has 1 aliphatic carbocycles. The summed E-state index contributed by atoms with van der Waals surface area (Å²) in [5.41, 5.74) is 1.75. The van der Waals surface area contributed by atoms with E-state index in [0.29, 0.717) is 22.4 Å². The van der Waals surface area contributed by atoms with Crippen LogP contribution in [-0.4, -0.2) is 36.8 Å². The lowest BCUT2D eigenvalue weighted by Crippen LogP contribution is -2.16. The van der Waals surface area contributed by atoms with E-state index in [1.165, 1.54) is 24.4 Å². The number of aliphatic hydroxyl groups excluding tert-OH is 1. The number of aryl methyl sites for hydroxylation is 1. The molecule has 1 fully saturated rings. The highest BCUT2D eigenvalue weighted by Gasteiger charge is 2.31. The Morgan fingerprint density at radius 2 is 1.83 bits per heavy atom. The van der Waals surface area contributed by atoms with E-state index >= 15 is 4.39 Å². The Balaban J connectivity index is 1.66. The van der Waals surface area contributed by atoms with E-state index in [0.717, 1.165) is 37.3 Å². The summed E-state index contributed by atoms with van der Waals surface area (Å²) in [5.74, 6) is -1.00. The van der Waals surface area contributed by atoms with Crippen LogP contribution in [0.25, 0.3) is 33.7 Å². The zero-order valence-electron chi connectivity index (χ0n) is 24.4. The second-order valence-corrected chi connectivity index (χ2v) is 12.6. The lowest BCUT2D eigenvalue weighted by Gasteiger charge is -2.14. The molecule has 0 spiro atoms. The molecule has 0 bridgehead atoms. The van der Waals surface area contributed by atoms with Crippen LogP contribution in [-0.2, 0) is 16.4 Å². The van der Waals surface area contributed by atoms with Crippen molar-refractivity contribution in [2.45, 2.75) is 37.6 Å².